The fraction of sp³-hybridized carbons (Fsp3) is 0.333. The molecule has 0 N–H and O–H groups in total. The maximum absolute atomic E-state index is 6.16. The van der Waals surface area contributed by atoms with Crippen molar-refractivity contribution >= 4 is 0 Å². The Morgan fingerprint density at radius 3 is 1.66 bits per heavy atom. The zero-order chi connectivity index (χ0) is 26.8. The first-order valence-corrected chi connectivity index (χ1v) is 13.8. The molecule has 0 aromatic heterocycles. The van der Waals surface area contributed by atoms with E-state index in [0.29, 0.717) is 5.92 Å². The molecule has 1 fully saturated rings. The van der Waals surface area contributed by atoms with Crippen LogP contribution in [-0.2, 0) is 11.8 Å². The Hall–Kier alpha value is -3.52. The number of rotatable bonds is 7. The summed E-state index contributed by atoms with van der Waals surface area (Å²) in [6, 6.07) is 34.9. The van der Waals surface area contributed by atoms with Crippen LogP contribution in [0.2, 0.25) is 0 Å². The molecule has 196 valence electrons. The summed E-state index contributed by atoms with van der Waals surface area (Å²) in [5.41, 5.74) is 6.93. The van der Waals surface area contributed by atoms with Crippen molar-refractivity contribution in [2.75, 3.05) is 7.11 Å². The van der Waals surface area contributed by atoms with Crippen LogP contribution in [0.1, 0.15) is 67.9 Å². The summed E-state index contributed by atoms with van der Waals surface area (Å²) in [6.45, 7) is 9.38. The van der Waals surface area contributed by atoms with Gasteiger partial charge in [-0.25, -0.2) is 0 Å². The molecule has 2 heteroatoms. The van der Waals surface area contributed by atoms with E-state index in [1.807, 2.05) is 24.3 Å². The highest BCUT2D eigenvalue weighted by Crippen LogP contribution is 2.53. The van der Waals surface area contributed by atoms with E-state index in [-0.39, 0.29) is 10.8 Å². The van der Waals surface area contributed by atoms with Crippen molar-refractivity contribution in [1.29, 1.82) is 0 Å². The van der Waals surface area contributed by atoms with E-state index in [9.17, 15) is 0 Å². The lowest BCUT2D eigenvalue weighted by Gasteiger charge is -2.48. The zero-order valence-electron chi connectivity index (χ0n) is 23.5. The summed E-state index contributed by atoms with van der Waals surface area (Å²) in [7, 11) is 1.71. The van der Waals surface area contributed by atoms with Crippen LogP contribution in [0, 0.1) is 18.3 Å². The first kappa shape index (κ1) is 26.1. The van der Waals surface area contributed by atoms with Crippen molar-refractivity contribution in [3.8, 4) is 17.2 Å². The molecule has 38 heavy (non-hydrogen) atoms. The Bertz CT molecular complexity index is 1330. The largest absolute Gasteiger partial charge is 0.497 e. The molecular weight excluding hydrogens is 464 g/mol. The van der Waals surface area contributed by atoms with Crippen LogP contribution in [-0.4, -0.2) is 7.11 Å². The van der Waals surface area contributed by atoms with Crippen LogP contribution < -0.4 is 9.47 Å². The highest BCUT2D eigenvalue weighted by molar-refractivity contribution is 5.45. The second-order valence-corrected chi connectivity index (χ2v) is 12.1. The van der Waals surface area contributed by atoms with Gasteiger partial charge in [0.25, 0.3) is 0 Å². The van der Waals surface area contributed by atoms with Gasteiger partial charge in [-0.1, -0.05) is 87.0 Å². The average molecular weight is 505 g/mol. The molecule has 1 saturated carbocycles. The van der Waals surface area contributed by atoms with Gasteiger partial charge in [-0.2, -0.15) is 0 Å². The summed E-state index contributed by atoms with van der Waals surface area (Å²) >= 11 is 0. The standard InChI is InChI=1S/C36H40O2/c1-26-6-16-33(17-7-26)38-34-20-14-31(15-21-34)36(24-27(2)23-35(3,4)25-36)30-12-8-28(9-13-30)22-29-10-18-32(37-5)19-11-29/h6-21,27H,22-25H2,1-5H3. The van der Waals surface area contributed by atoms with Gasteiger partial charge in [-0.3, -0.25) is 0 Å². The highest BCUT2D eigenvalue weighted by Gasteiger charge is 2.45. The van der Waals surface area contributed by atoms with E-state index in [0.717, 1.165) is 36.5 Å². The molecule has 5 rings (SSSR count). The number of hydrogen-bond donors (Lipinski definition) is 0. The van der Waals surface area contributed by atoms with Gasteiger partial charge < -0.3 is 9.47 Å². The quantitative estimate of drug-likeness (QED) is 0.249. The monoisotopic (exact) mass is 504 g/mol. The molecule has 0 bridgehead atoms. The van der Waals surface area contributed by atoms with Crippen molar-refractivity contribution in [3.63, 3.8) is 0 Å². The van der Waals surface area contributed by atoms with Gasteiger partial charge in [0.2, 0.25) is 0 Å². The first-order chi connectivity index (χ1) is 18.2. The maximum atomic E-state index is 6.16. The second-order valence-electron chi connectivity index (χ2n) is 12.1. The lowest BCUT2D eigenvalue weighted by atomic mass is 9.55. The Balaban J connectivity index is 1.44. The highest BCUT2D eigenvalue weighted by atomic mass is 16.5. The molecule has 4 aromatic carbocycles. The minimum atomic E-state index is -0.0117. The zero-order valence-corrected chi connectivity index (χ0v) is 23.5. The van der Waals surface area contributed by atoms with Crippen molar-refractivity contribution in [2.45, 2.75) is 58.8 Å². The Kier molecular flexibility index (Phi) is 7.34. The van der Waals surface area contributed by atoms with Crippen molar-refractivity contribution in [2.24, 2.45) is 11.3 Å². The summed E-state index contributed by atoms with van der Waals surface area (Å²) in [4.78, 5) is 0. The van der Waals surface area contributed by atoms with Gasteiger partial charge in [0.05, 0.1) is 7.11 Å². The molecule has 0 amide bonds. The topological polar surface area (TPSA) is 18.5 Å². The minimum absolute atomic E-state index is 0.0117. The molecule has 2 nitrogen and oxygen atoms in total. The number of hydrogen-bond acceptors (Lipinski definition) is 2. The molecule has 2 unspecified atom stereocenters. The minimum Gasteiger partial charge on any atom is -0.497 e. The number of benzene rings is 4. The van der Waals surface area contributed by atoms with E-state index < -0.39 is 0 Å². The van der Waals surface area contributed by atoms with E-state index >= 15 is 0 Å². The fourth-order valence-electron chi connectivity index (χ4n) is 6.68. The van der Waals surface area contributed by atoms with Gasteiger partial charge in [0.1, 0.15) is 17.2 Å². The van der Waals surface area contributed by atoms with Crippen molar-refractivity contribution in [3.05, 3.63) is 125 Å². The normalized spacial score (nSPS) is 20.6. The molecule has 0 spiro atoms. The molecule has 0 heterocycles. The molecule has 1 aliphatic carbocycles. The first-order valence-electron chi connectivity index (χ1n) is 13.8. The molecule has 0 radical (unpaired) electrons. The smallest absolute Gasteiger partial charge is 0.127 e. The third-order valence-electron chi connectivity index (χ3n) is 8.12. The van der Waals surface area contributed by atoms with Gasteiger partial charge >= 0.3 is 0 Å². The maximum Gasteiger partial charge on any atom is 0.127 e. The van der Waals surface area contributed by atoms with E-state index in [1.54, 1.807) is 7.11 Å². The summed E-state index contributed by atoms with van der Waals surface area (Å²) in [5.74, 6) is 3.31. The van der Waals surface area contributed by atoms with Crippen LogP contribution in [0.3, 0.4) is 0 Å². The van der Waals surface area contributed by atoms with Crippen LogP contribution in [0.5, 0.6) is 17.2 Å². The lowest BCUT2D eigenvalue weighted by Crippen LogP contribution is -2.41. The second kappa shape index (κ2) is 10.7. The van der Waals surface area contributed by atoms with Crippen LogP contribution in [0.15, 0.2) is 97.1 Å². The van der Waals surface area contributed by atoms with Crippen molar-refractivity contribution < 1.29 is 9.47 Å². The third kappa shape index (κ3) is 5.80. The molecule has 1 aliphatic rings. The van der Waals surface area contributed by atoms with E-state index in [1.165, 1.54) is 34.2 Å². The van der Waals surface area contributed by atoms with Gasteiger partial charge in [-0.15, -0.1) is 0 Å². The lowest BCUT2D eigenvalue weighted by molar-refractivity contribution is 0.127. The summed E-state index contributed by atoms with van der Waals surface area (Å²) in [6.07, 6.45) is 4.48. The molecule has 2 atom stereocenters. The van der Waals surface area contributed by atoms with Crippen LogP contribution >= 0.6 is 0 Å². The number of aryl methyl sites for hydroxylation is 1. The molecule has 4 aromatic rings. The Morgan fingerprint density at radius 1 is 0.658 bits per heavy atom. The summed E-state index contributed by atoms with van der Waals surface area (Å²) < 4.78 is 11.5. The Labute approximate surface area is 228 Å². The van der Waals surface area contributed by atoms with Crippen LogP contribution in [0.25, 0.3) is 0 Å². The number of methoxy groups -OCH3 is 1. The van der Waals surface area contributed by atoms with Gasteiger partial charge in [-0.05, 0) is 103 Å². The predicted octanol–water partition coefficient (Wildman–Crippen LogP) is 9.52. The fourth-order valence-corrected chi connectivity index (χ4v) is 6.68. The SMILES string of the molecule is COc1ccc(Cc2ccc(C3(c4ccc(Oc5ccc(C)cc5)cc4)CC(C)CC(C)(C)C3)cc2)cc1. The number of ether oxygens (including phenoxy) is 2. The predicted molar refractivity (Wildman–Crippen MR) is 158 cm³/mol. The van der Waals surface area contributed by atoms with Crippen molar-refractivity contribution in [1.82, 2.24) is 0 Å². The van der Waals surface area contributed by atoms with Crippen LogP contribution in [0.4, 0.5) is 0 Å². The third-order valence-corrected chi connectivity index (χ3v) is 8.12. The summed E-state index contributed by atoms with van der Waals surface area (Å²) in [5, 5.41) is 0. The Morgan fingerprint density at radius 2 is 1.13 bits per heavy atom. The molecule has 0 saturated heterocycles. The van der Waals surface area contributed by atoms with Gasteiger partial charge in [0.15, 0.2) is 0 Å². The van der Waals surface area contributed by atoms with Gasteiger partial charge in [0, 0.05) is 5.41 Å². The van der Waals surface area contributed by atoms with E-state index in [4.69, 9.17) is 9.47 Å². The molecule has 0 aliphatic heterocycles. The van der Waals surface area contributed by atoms with E-state index in [2.05, 4.69) is 100 Å². The average Bonchev–Trinajstić information content (AvgIpc) is 2.90. The molecular formula is C36H40O2.